The van der Waals surface area contributed by atoms with Gasteiger partial charge < -0.3 is 4.74 Å². The van der Waals surface area contributed by atoms with Crippen LogP contribution < -0.4 is 0 Å². The fraction of sp³-hybridized carbons (Fsp3) is 0.923. The van der Waals surface area contributed by atoms with Crippen LogP contribution in [0.2, 0.25) is 0 Å². The third kappa shape index (κ3) is 2.23. The summed E-state index contributed by atoms with van der Waals surface area (Å²) >= 11 is 0. The van der Waals surface area contributed by atoms with Crippen molar-refractivity contribution in [2.75, 3.05) is 26.8 Å². The van der Waals surface area contributed by atoms with Crippen molar-refractivity contribution in [3.05, 3.63) is 0 Å². The number of hydrogen-bond acceptors (Lipinski definition) is 3. The van der Waals surface area contributed by atoms with Crippen LogP contribution in [0.3, 0.4) is 0 Å². The number of likely N-dealkylation sites (tertiary alicyclic amines) is 1. The van der Waals surface area contributed by atoms with Crippen LogP contribution in [-0.2, 0) is 4.74 Å². The molecular weight excluding hydrogens is 200 g/mol. The summed E-state index contributed by atoms with van der Waals surface area (Å²) in [6.07, 6.45) is 7.51. The summed E-state index contributed by atoms with van der Waals surface area (Å²) in [7, 11) is 1.71. The monoisotopic (exact) mass is 222 g/mol. The van der Waals surface area contributed by atoms with E-state index in [2.05, 4.69) is 11.0 Å². The Morgan fingerprint density at radius 3 is 2.31 bits per heavy atom. The Balaban J connectivity index is 2.12. The average Bonchev–Trinajstić information content (AvgIpc) is 3.12. The van der Waals surface area contributed by atoms with Gasteiger partial charge in [-0.15, -0.1) is 0 Å². The number of rotatable bonds is 4. The molecular formula is C13H22N2O. The van der Waals surface area contributed by atoms with Gasteiger partial charge in [0.1, 0.15) is 5.54 Å². The molecule has 1 aliphatic heterocycles. The zero-order valence-electron chi connectivity index (χ0n) is 10.2. The lowest BCUT2D eigenvalue weighted by atomic mass is 9.93. The van der Waals surface area contributed by atoms with E-state index in [1.807, 2.05) is 0 Å². The van der Waals surface area contributed by atoms with Crippen molar-refractivity contribution < 1.29 is 4.74 Å². The Hall–Kier alpha value is -0.590. The normalized spacial score (nSPS) is 26.8. The predicted molar refractivity (Wildman–Crippen MR) is 63.0 cm³/mol. The van der Waals surface area contributed by atoms with Crippen molar-refractivity contribution in [2.24, 2.45) is 5.92 Å². The second kappa shape index (κ2) is 5.16. The van der Waals surface area contributed by atoms with Gasteiger partial charge in [-0.2, -0.15) is 5.26 Å². The largest absolute Gasteiger partial charge is 0.382 e. The zero-order chi connectivity index (χ0) is 11.4. The van der Waals surface area contributed by atoms with Crippen molar-refractivity contribution in [3.8, 4) is 6.07 Å². The van der Waals surface area contributed by atoms with Gasteiger partial charge in [-0.3, -0.25) is 4.90 Å². The fourth-order valence-corrected chi connectivity index (χ4v) is 2.91. The maximum atomic E-state index is 9.59. The van der Waals surface area contributed by atoms with Crippen molar-refractivity contribution in [3.63, 3.8) is 0 Å². The molecule has 0 amide bonds. The first-order valence-corrected chi connectivity index (χ1v) is 6.49. The lowest BCUT2D eigenvalue weighted by Gasteiger charge is -2.38. The smallest absolute Gasteiger partial charge is 0.135 e. The molecule has 2 rings (SSSR count). The summed E-state index contributed by atoms with van der Waals surface area (Å²) in [5.41, 5.74) is -0.320. The summed E-state index contributed by atoms with van der Waals surface area (Å²) in [6, 6.07) is 2.58. The number of hydrogen-bond donors (Lipinski definition) is 0. The molecule has 1 unspecified atom stereocenters. The van der Waals surface area contributed by atoms with Gasteiger partial charge in [0, 0.05) is 7.11 Å². The number of ether oxygens (including phenoxy) is 1. The van der Waals surface area contributed by atoms with Crippen LogP contribution in [0.25, 0.3) is 0 Å². The fourth-order valence-electron chi connectivity index (χ4n) is 2.91. The van der Waals surface area contributed by atoms with Gasteiger partial charge in [0.05, 0.1) is 12.7 Å². The van der Waals surface area contributed by atoms with Crippen LogP contribution in [0.4, 0.5) is 0 Å². The minimum absolute atomic E-state index is 0.320. The molecule has 90 valence electrons. The molecule has 0 N–H and O–H groups in total. The topological polar surface area (TPSA) is 36.3 Å². The first-order chi connectivity index (χ1) is 7.83. The molecule has 0 spiro atoms. The van der Waals surface area contributed by atoms with Crippen LogP contribution in [0.5, 0.6) is 0 Å². The maximum absolute atomic E-state index is 9.59. The summed E-state index contributed by atoms with van der Waals surface area (Å²) in [4.78, 5) is 2.40. The molecule has 1 heterocycles. The molecule has 1 atom stereocenters. The number of nitrogens with zero attached hydrogens (tertiary/aromatic N) is 2. The quantitative estimate of drug-likeness (QED) is 0.731. The minimum Gasteiger partial charge on any atom is -0.382 e. The zero-order valence-corrected chi connectivity index (χ0v) is 10.2. The number of nitriles is 1. The van der Waals surface area contributed by atoms with Gasteiger partial charge >= 0.3 is 0 Å². The van der Waals surface area contributed by atoms with E-state index in [4.69, 9.17) is 4.74 Å². The van der Waals surface area contributed by atoms with Gasteiger partial charge in [0.25, 0.3) is 0 Å². The summed E-state index contributed by atoms with van der Waals surface area (Å²) < 4.78 is 5.33. The van der Waals surface area contributed by atoms with Crippen molar-refractivity contribution in [1.29, 1.82) is 5.26 Å². The highest BCUT2D eigenvalue weighted by atomic mass is 16.5. The van der Waals surface area contributed by atoms with Crippen molar-refractivity contribution >= 4 is 0 Å². The number of methoxy groups -OCH3 is 1. The van der Waals surface area contributed by atoms with E-state index in [1.165, 1.54) is 38.5 Å². The highest BCUT2D eigenvalue weighted by Crippen LogP contribution is 2.43. The van der Waals surface area contributed by atoms with E-state index in [9.17, 15) is 5.26 Å². The molecule has 0 radical (unpaired) electrons. The van der Waals surface area contributed by atoms with Crippen LogP contribution in [0.1, 0.15) is 38.5 Å². The Labute approximate surface area is 98.4 Å². The highest BCUT2D eigenvalue weighted by Gasteiger charge is 2.49. The molecule has 1 saturated carbocycles. The van der Waals surface area contributed by atoms with E-state index in [1.54, 1.807) is 7.11 Å². The molecule has 2 fully saturated rings. The Bertz CT molecular complexity index is 262. The van der Waals surface area contributed by atoms with Gasteiger partial charge in [0.15, 0.2) is 0 Å². The van der Waals surface area contributed by atoms with Crippen LogP contribution in [-0.4, -0.2) is 37.2 Å². The molecule has 2 aliphatic rings. The van der Waals surface area contributed by atoms with Crippen LogP contribution in [0.15, 0.2) is 0 Å². The Morgan fingerprint density at radius 1 is 1.25 bits per heavy atom. The maximum Gasteiger partial charge on any atom is 0.135 e. The first-order valence-electron chi connectivity index (χ1n) is 6.49. The average molecular weight is 222 g/mol. The summed E-state index contributed by atoms with van der Waals surface area (Å²) in [5.74, 6) is 0.551. The summed E-state index contributed by atoms with van der Waals surface area (Å²) in [6.45, 7) is 2.73. The van der Waals surface area contributed by atoms with E-state index in [0.29, 0.717) is 12.5 Å². The van der Waals surface area contributed by atoms with E-state index >= 15 is 0 Å². The Morgan fingerprint density at radius 2 is 1.88 bits per heavy atom. The molecule has 3 nitrogen and oxygen atoms in total. The summed E-state index contributed by atoms with van der Waals surface area (Å²) in [5, 5.41) is 9.59. The molecule has 3 heteroatoms. The van der Waals surface area contributed by atoms with E-state index < -0.39 is 0 Å². The van der Waals surface area contributed by atoms with Crippen LogP contribution >= 0.6 is 0 Å². The molecule has 0 bridgehead atoms. The van der Waals surface area contributed by atoms with Crippen molar-refractivity contribution in [2.45, 2.75) is 44.1 Å². The second-order valence-electron chi connectivity index (χ2n) is 5.14. The van der Waals surface area contributed by atoms with Gasteiger partial charge in [-0.05, 0) is 44.7 Å². The van der Waals surface area contributed by atoms with Gasteiger partial charge in [-0.25, -0.2) is 0 Å². The van der Waals surface area contributed by atoms with Crippen molar-refractivity contribution in [1.82, 2.24) is 4.90 Å². The molecule has 0 aromatic carbocycles. The predicted octanol–water partition coefficient (Wildman–Crippen LogP) is 2.18. The molecule has 0 aromatic heterocycles. The molecule has 1 saturated heterocycles. The first kappa shape index (κ1) is 11.9. The Kier molecular flexibility index (Phi) is 3.83. The third-order valence-electron chi connectivity index (χ3n) is 3.98. The SMILES string of the molecule is COCC(C#N)(C1CC1)N1CCCCCC1. The van der Waals surface area contributed by atoms with E-state index in [0.717, 1.165) is 13.1 Å². The van der Waals surface area contributed by atoms with E-state index in [-0.39, 0.29) is 5.54 Å². The minimum atomic E-state index is -0.320. The highest BCUT2D eigenvalue weighted by molar-refractivity contribution is 5.16. The van der Waals surface area contributed by atoms with Crippen LogP contribution in [0, 0.1) is 17.2 Å². The molecule has 16 heavy (non-hydrogen) atoms. The van der Waals surface area contributed by atoms with Gasteiger partial charge in [-0.1, -0.05) is 12.8 Å². The molecule has 0 aromatic rings. The third-order valence-corrected chi connectivity index (χ3v) is 3.98. The molecule has 1 aliphatic carbocycles. The lowest BCUT2D eigenvalue weighted by Crippen LogP contribution is -2.53. The lowest BCUT2D eigenvalue weighted by molar-refractivity contribution is 0.0335. The second-order valence-corrected chi connectivity index (χ2v) is 5.14. The standard InChI is InChI=1S/C13H22N2O/c1-16-11-13(10-14,12-6-7-12)15-8-4-2-3-5-9-15/h12H,2-9,11H2,1H3. The van der Waals surface area contributed by atoms with Gasteiger partial charge in [0.2, 0.25) is 0 Å².